The van der Waals surface area contributed by atoms with E-state index in [-0.39, 0.29) is 22.6 Å². The van der Waals surface area contributed by atoms with E-state index in [2.05, 4.69) is 6.07 Å². The van der Waals surface area contributed by atoms with Gasteiger partial charge in [0, 0.05) is 4.90 Å². The van der Waals surface area contributed by atoms with E-state index >= 15 is 0 Å². The Kier molecular flexibility index (Phi) is 3.94. The van der Waals surface area contributed by atoms with Crippen molar-refractivity contribution < 1.29 is 9.15 Å². The molecule has 0 amide bonds. The third kappa shape index (κ3) is 2.45. The van der Waals surface area contributed by atoms with Crippen LogP contribution in [-0.2, 0) is 0 Å². The molecule has 5 nitrogen and oxygen atoms in total. The molecule has 4 rings (SSSR count). The fourth-order valence-electron chi connectivity index (χ4n) is 3.10. The highest BCUT2D eigenvalue weighted by Gasteiger charge is 2.35. The number of rotatable bonds is 2. The van der Waals surface area contributed by atoms with E-state index in [4.69, 9.17) is 14.9 Å². The minimum absolute atomic E-state index is 0.0409. The summed E-state index contributed by atoms with van der Waals surface area (Å²) in [5.41, 5.74) is 7.14. The number of nitriles is 1. The van der Waals surface area contributed by atoms with Crippen LogP contribution in [-0.4, -0.2) is 6.26 Å². The summed E-state index contributed by atoms with van der Waals surface area (Å²) < 4.78 is 11.5. The Morgan fingerprint density at radius 2 is 1.88 bits per heavy atom. The third-order valence-electron chi connectivity index (χ3n) is 4.38. The fraction of sp³-hybridized carbons (Fsp3) is 0.100. The Morgan fingerprint density at radius 3 is 2.58 bits per heavy atom. The molecule has 3 aromatic rings. The van der Waals surface area contributed by atoms with Gasteiger partial charge in [-0.05, 0) is 36.1 Å². The van der Waals surface area contributed by atoms with Crippen molar-refractivity contribution in [2.45, 2.75) is 10.8 Å². The van der Waals surface area contributed by atoms with Crippen LogP contribution in [0.4, 0.5) is 0 Å². The van der Waals surface area contributed by atoms with Crippen LogP contribution in [0, 0.1) is 11.3 Å². The van der Waals surface area contributed by atoms with Crippen LogP contribution in [0.25, 0.3) is 11.0 Å². The Morgan fingerprint density at radius 1 is 1.15 bits per heavy atom. The zero-order valence-corrected chi connectivity index (χ0v) is 14.7. The molecule has 0 aliphatic carbocycles. The van der Waals surface area contributed by atoms with Gasteiger partial charge in [0.25, 0.3) is 0 Å². The van der Waals surface area contributed by atoms with Crippen molar-refractivity contribution in [3.05, 3.63) is 81.5 Å². The van der Waals surface area contributed by atoms with Gasteiger partial charge in [-0.2, -0.15) is 5.26 Å². The number of hydrogen-bond acceptors (Lipinski definition) is 6. The van der Waals surface area contributed by atoms with Crippen molar-refractivity contribution in [1.82, 2.24) is 0 Å². The minimum Gasteiger partial charge on any atom is -0.456 e. The molecule has 1 unspecified atom stereocenters. The first-order chi connectivity index (χ1) is 12.6. The van der Waals surface area contributed by atoms with Gasteiger partial charge in [-0.3, -0.25) is 4.79 Å². The molecule has 0 radical (unpaired) electrons. The normalized spacial score (nSPS) is 16.1. The predicted molar refractivity (Wildman–Crippen MR) is 100 cm³/mol. The first-order valence-corrected chi connectivity index (χ1v) is 9.13. The Balaban J connectivity index is 2.01. The molecule has 1 aromatic heterocycles. The summed E-state index contributed by atoms with van der Waals surface area (Å²) >= 11 is 1.62. The second-order valence-corrected chi connectivity index (χ2v) is 6.70. The molecule has 2 N–H and O–H groups in total. The maximum Gasteiger partial charge on any atom is 0.235 e. The highest BCUT2D eigenvalue weighted by Crippen LogP contribution is 2.41. The highest BCUT2D eigenvalue weighted by molar-refractivity contribution is 7.98. The number of allylic oxidation sites excluding steroid dienone is 1. The quantitative estimate of drug-likeness (QED) is 0.699. The molecule has 128 valence electrons. The summed E-state index contributed by atoms with van der Waals surface area (Å²) in [6.07, 6.45) is 1.99. The number of para-hydroxylation sites is 1. The van der Waals surface area contributed by atoms with Crippen LogP contribution in [0.2, 0.25) is 0 Å². The zero-order valence-electron chi connectivity index (χ0n) is 13.9. The first kappa shape index (κ1) is 16.3. The second kappa shape index (κ2) is 6.28. The van der Waals surface area contributed by atoms with Gasteiger partial charge in [-0.25, -0.2) is 0 Å². The van der Waals surface area contributed by atoms with Crippen LogP contribution in [0.1, 0.15) is 17.2 Å². The van der Waals surface area contributed by atoms with Gasteiger partial charge < -0.3 is 14.9 Å². The van der Waals surface area contributed by atoms with Gasteiger partial charge in [-0.15, -0.1) is 11.8 Å². The van der Waals surface area contributed by atoms with Gasteiger partial charge in [0.15, 0.2) is 5.76 Å². The van der Waals surface area contributed by atoms with Gasteiger partial charge in [0.05, 0.1) is 11.3 Å². The van der Waals surface area contributed by atoms with Crippen molar-refractivity contribution in [3.63, 3.8) is 0 Å². The molecule has 6 heteroatoms. The number of hydrogen-bond donors (Lipinski definition) is 1. The van der Waals surface area contributed by atoms with E-state index in [0.29, 0.717) is 16.7 Å². The molecule has 1 aliphatic rings. The molecule has 0 saturated carbocycles. The number of benzene rings is 2. The number of nitrogens with zero attached hydrogens (tertiary/aromatic N) is 1. The van der Waals surface area contributed by atoms with E-state index < -0.39 is 5.92 Å². The molecule has 2 aromatic carbocycles. The van der Waals surface area contributed by atoms with E-state index in [1.165, 1.54) is 0 Å². The van der Waals surface area contributed by atoms with Crippen LogP contribution in [0.5, 0.6) is 5.75 Å². The lowest BCUT2D eigenvalue weighted by Crippen LogP contribution is -2.25. The van der Waals surface area contributed by atoms with Crippen molar-refractivity contribution in [1.29, 1.82) is 5.26 Å². The lowest BCUT2D eigenvalue weighted by molar-refractivity contribution is 0.354. The Hall–Kier alpha value is -3.17. The SMILES string of the molecule is CSc1ccc(C2C(C#N)=C(N)Oc3c2oc2ccccc2c3=O)cc1. The maximum absolute atomic E-state index is 12.8. The Labute approximate surface area is 153 Å². The van der Waals surface area contributed by atoms with E-state index in [1.807, 2.05) is 30.5 Å². The molecular weight excluding hydrogens is 348 g/mol. The number of thioether (sulfide) groups is 1. The van der Waals surface area contributed by atoms with Crippen LogP contribution < -0.4 is 15.9 Å². The Bertz CT molecular complexity index is 1140. The second-order valence-electron chi connectivity index (χ2n) is 5.82. The van der Waals surface area contributed by atoms with Crippen LogP contribution in [0.15, 0.2) is 74.1 Å². The summed E-state index contributed by atoms with van der Waals surface area (Å²) in [5, 5.41) is 10.0. The van der Waals surface area contributed by atoms with Crippen molar-refractivity contribution in [2.75, 3.05) is 6.26 Å². The standard InChI is InChI=1S/C20H14N2O3S/c1-26-12-8-6-11(7-9-12)16-14(10-21)20(22)25-19-17(23)13-4-2-3-5-15(13)24-18(16)19/h2-9,16H,22H2,1H3. The lowest BCUT2D eigenvalue weighted by atomic mass is 9.87. The van der Waals surface area contributed by atoms with Gasteiger partial charge in [-0.1, -0.05) is 24.3 Å². The van der Waals surface area contributed by atoms with Crippen molar-refractivity contribution in [3.8, 4) is 11.8 Å². The number of nitrogens with two attached hydrogens (primary N) is 1. The lowest BCUT2D eigenvalue weighted by Gasteiger charge is -2.24. The molecule has 1 atom stereocenters. The molecular formula is C20H14N2O3S. The number of fused-ring (bicyclic) bond motifs is 2. The largest absolute Gasteiger partial charge is 0.456 e. The monoisotopic (exact) mass is 362 g/mol. The summed E-state index contributed by atoms with van der Waals surface area (Å²) in [6.45, 7) is 0. The third-order valence-corrected chi connectivity index (χ3v) is 5.12. The van der Waals surface area contributed by atoms with Crippen molar-refractivity contribution >= 4 is 22.7 Å². The molecule has 0 saturated heterocycles. The minimum atomic E-state index is -0.586. The number of ether oxygens (including phenoxy) is 1. The van der Waals surface area contributed by atoms with E-state index in [9.17, 15) is 10.1 Å². The van der Waals surface area contributed by atoms with E-state index in [0.717, 1.165) is 10.5 Å². The summed E-state index contributed by atoms with van der Waals surface area (Å²) in [6, 6.07) is 16.8. The van der Waals surface area contributed by atoms with Crippen molar-refractivity contribution in [2.24, 2.45) is 5.73 Å². The van der Waals surface area contributed by atoms with Gasteiger partial charge in [0.2, 0.25) is 17.1 Å². The first-order valence-electron chi connectivity index (χ1n) is 7.91. The smallest absolute Gasteiger partial charge is 0.235 e. The molecule has 1 aliphatic heterocycles. The van der Waals surface area contributed by atoms with E-state index in [1.54, 1.807) is 36.0 Å². The van der Waals surface area contributed by atoms with Gasteiger partial charge in [0.1, 0.15) is 17.2 Å². The predicted octanol–water partition coefficient (Wildman–Crippen LogP) is 3.73. The zero-order chi connectivity index (χ0) is 18.3. The topological polar surface area (TPSA) is 89.2 Å². The summed E-state index contributed by atoms with van der Waals surface area (Å²) in [5.74, 6) is -0.311. The average molecular weight is 362 g/mol. The maximum atomic E-state index is 12.8. The molecule has 0 bridgehead atoms. The van der Waals surface area contributed by atoms with Crippen LogP contribution in [0.3, 0.4) is 0 Å². The summed E-state index contributed by atoms with van der Waals surface area (Å²) in [7, 11) is 0. The molecule has 0 fully saturated rings. The van der Waals surface area contributed by atoms with Gasteiger partial charge >= 0.3 is 0 Å². The molecule has 0 spiro atoms. The van der Waals surface area contributed by atoms with Crippen LogP contribution >= 0.6 is 11.8 Å². The highest BCUT2D eigenvalue weighted by atomic mass is 32.2. The molecule has 2 heterocycles. The summed E-state index contributed by atoms with van der Waals surface area (Å²) in [4.78, 5) is 13.9. The fourth-order valence-corrected chi connectivity index (χ4v) is 3.51. The molecule has 26 heavy (non-hydrogen) atoms. The average Bonchev–Trinajstić information content (AvgIpc) is 2.68.